The Balaban J connectivity index is 2.20. The molecule has 1 aliphatic rings. The van der Waals surface area contributed by atoms with Crippen molar-refractivity contribution in [3.63, 3.8) is 0 Å². The zero-order chi connectivity index (χ0) is 14.7. The Bertz CT molecular complexity index is 495. The SMILES string of the molecule is CCN1CCN(c2ccc([N+](=O)[O-])c(CCl)c2)CC1C. The van der Waals surface area contributed by atoms with E-state index >= 15 is 0 Å². The van der Waals surface area contributed by atoms with E-state index in [9.17, 15) is 10.1 Å². The molecule has 0 amide bonds. The summed E-state index contributed by atoms with van der Waals surface area (Å²) in [6.45, 7) is 8.34. The van der Waals surface area contributed by atoms with Crippen molar-refractivity contribution in [1.82, 2.24) is 4.90 Å². The Morgan fingerprint density at radius 2 is 2.20 bits per heavy atom. The molecule has 0 radical (unpaired) electrons. The van der Waals surface area contributed by atoms with Gasteiger partial charge < -0.3 is 4.90 Å². The van der Waals surface area contributed by atoms with Crippen LogP contribution in [0, 0.1) is 10.1 Å². The molecule has 2 rings (SSSR count). The number of anilines is 1. The monoisotopic (exact) mass is 297 g/mol. The molecule has 0 aromatic heterocycles. The van der Waals surface area contributed by atoms with E-state index in [1.165, 1.54) is 0 Å². The van der Waals surface area contributed by atoms with E-state index < -0.39 is 0 Å². The van der Waals surface area contributed by atoms with Crippen LogP contribution < -0.4 is 4.90 Å². The van der Waals surface area contributed by atoms with Crippen molar-refractivity contribution in [2.24, 2.45) is 0 Å². The van der Waals surface area contributed by atoms with Crippen molar-refractivity contribution in [1.29, 1.82) is 0 Å². The molecule has 20 heavy (non-hydrogen) atoms. The molecule has 0 aliphatic carbocycles. The van der Waals surface area contributed by atoms with Crippen molar-refractivity contribution >= 4 is 23.0 Å². The minimum Gasteiger partial charge on any atom is -0.369 e. The first kappa shape index (κ1) is 15.1. The van der Waals surface area contributed by atoms with Crippen molar-refractivity contribution in [3.05, 3.63) is 33.9 Å². The third-order valence-electron chi connectivity index (χ3n) is 3.94. The summed E-state index contributed by atoms with van der Waals surface area (Å²) < 4.78 is 0. The number of benzene rings is 1. The number of alkyl halides is 1. The summed E-state index contributed by atoms with van der Waals surface area (Å²) in [7, 11) is 0. The van der Waals surface area contributed by atoms with Crippen molar-refractivity contribution in [2.45, 2.75) is 25.8 Å². The number of nitro groups is 1. The maximum absolute atomic E-state index is 10.9. The number of halogens is 1. The van der Waals surface area contributed by atoms with Crippen molar-refractivity contribution in [3.8, 4) is 0 Å². The third-order valence-corrected chi connectivity index (χ3v) is 4.23. The molecule has 1 saturated heterocycles. The molecule has 0 spiro atoms. The van der Waals surface area contributed by atoms with Crippen LogP contribution in [0.15, 0.2) is 18.2 Å². The highest BCUT2D eigenvalue weighted by Gasteiger charge is 2.23. The third kappa shape index (κ3) is 3.04. The number of nitro benzene ring substituents is 1. The molecular formula is C14H20ClN3O2. The van der Waals surface area contributed by atoms with Gasteiger partial charge in [0.2, 0.25) is 0 Å². The molecule has 1 aromatic rings. The molecular weight excluding hydrogens is 278 g/mol. The van der Waals surface area contributed by atoms with E-state index in [2.05, 4.69) is 23.6 Å². The Morgan fingerprint density at radius 1 is 1.45 bits per heavy atom. The minimum absolute atomic E-state index is 0.101. The van der Waals surface area contributed by atoms with Crippen LogP contribution in [0.3, 0.4) is 0 Å². The summed E-state index contributed by atoms with van der Waals surface area (Å²) >= 11 is 5.83. The maximum Gasteiger partial charge on any atom is 0.273 e. The molecule has 1 aliphatic heterocycles. The second-order valence-corrected chi connectivity index (χ2v) is 5.39. The van der Waals surface area contributed by atoms with E-state index in [4.69, 9.17) is 11.6 Å². The Kier molecular flexibility index (Phi) is 4.83. The summed E-state index contributed by atoms with van der Waals surface area (Å²) in [5, 5.41) is 10.9. The molecule has 0 saturated carbocycles. The molecule has 110 valence electrons. The van der Waals surface area contributed by atoms with E-state index in [0.29, 0.717) is 11.6 Å². The second kappa shape index (κ2) is 6.41. The summed E-state index contributed by atoms with van der Waals surface area (Å²) in [6, 6.07) is 5.72. The molecule has 1 atom stereocenters. The smallest absolute Gasteiger partial charge is 0.273 e. The molecule has 1 fully saturated rings. The first-order valence-corrected chi connectivity index (χ1v) is 7.42. The van der Waals surface area contributed by atoms with Gasteiger partial charge in [-0.05, 0) is 25.6 Å². The van der Waals surface area contributed by atoms with Crippen LogP contribution in [0.5, 0.6) is 0 Å². The first-order chi connectivity index (χ1) is 9.56. The Labute approximate surface area is 124 Å². The van der Waals surface area contributed by atoms with Crippen LogP contribution in [-0.2, 0) is 5.88 Å². The van der Waals surface area contributed by atoms with Crippen LogP contribution >= 0.6 is 11.6 Å². The fraction of sp³-hybridized carbons (Fsp3) is 0.571. The molecule has 0 bridgehead atoms. The highest BCUT2D eigenvalue weighted by Crippen LogP contribution is 2.27. The van der Waals surface area contributed by atoms with E-state index in [1.807, 2.05) is 12.1 Å². The predicted molar refractivity (Wildman–Crippen MR) is 81.6 cm³/mol. The van der Waals surface area contributed by atoms with Gasteiger partial charge in [0.15, 0.2) is 0 Å². The van der Waals surface area contributed by atoms with Crippen molar-refractivity contribution < 1.29 is 4.92 Å². The molecule has 1 unspecified atom stereocenters. The largest absolute Gasteiger partial charge is 0.369 e. The quantitative estimate of drug-likeness (QED) is 0.487. The summed E-state index contributed by atoms with van der Waals surface area (Å²) in [5.74, 6) is 0.161. The van der Waals surface area contributed by atoms with Gasteiger partial charge in [0, 0.05) is 43.0 Å². The molecule has 1 aromatic carbocycles. The standard InChI is InChI=1S/C14H20ClN3O2/c1-3-16-6-7-17(10-11(16)2)13-4-5-14(18(19)20)12(8-13)9-15/h4-5,8,11H,3,6-7,9-10H2,1-2H3. The highest BCUT2D eigenvalue weighted by molar-refractivity contribution is 6.17. The van der Waals surface area contributed by atoms with Crippen LogP contribution in [-0.4, -0.2) is 42.0 Å². The lowest BCUT2D eigenvalue weighted by Gasteiger charge is -2.40. The summed E-state index contributed by atoms with van der Waals surface area (Å²) in [5.41, 5.74) is 1.71. The van der Waals surface area contributed by atoms with Gasteiger partial charge in [-0.2, -0.15) is 0 Å². The number of hydrogen-bond donors (Lipinski definition) is 0. The Morgan fingerprint density at radius 3 is 2.75 bits per heavy atom. The molecule has 0 N–H and O–H groups in total. The average Bonchev–Trinajstić information content (AvgIpc) is 2.46. The van der Waals surface area contributed by atoms with E-state index in [-0.39, 0.29) is 16.5 Å². The number of likely N-dealkylation sites (N-methyl/N-ethyl adjacent to an activating group) is 1. The van der Waals surface area contributed by atoms with Gasteiger partial charge in [0.1, 0.15) is 0 Å². The van der Waals surface area contributed by atoms with Gasteiger partial charge in [-0.15, -0.1) is 11.6 Å². The summed E-state index contributed by atoms with van der Waals surface area (Å²) in [4.78, 5) is 15.3. The number of rotatable bonds is 4. The van der Waals surface area contributed by atoms with Crippen LogP contribution in [0.25, 0.3) is 0 Å². The molecule has 1 heterocycles. The van der Waals surface area contributed by atoms with Gasteiger partial charge in [0.25, 0.3) is 5.69 Å². The first-order valence-electron chi connectivity index (χ1n) is 6.89. The topological polar surface area (TPSA) is 49.6 Å². The number of nitrogens with zero attached hydrogens (tertiary/aromatic N) is 3. The fourth-order valence-corrected chi connectivity index (χ4v) is 2.97. The highest BCUT2D eigenvalue weighted by atomic mass is 35.5. The number of hydrogen-bond acceptors (Lipinski definition) is 4. The van der Waals surface area contributed by atoms with Gasteiger partial charge in [-0.1, -0.05) is 6.92 Å². The van der Waals surface area contributed by atoms with Crippen molar-refractivity contribution in [2.75, 3.05) is 31.1 Å². The van der Waals surface area contributed by atoms with Gasteiger partial charge in [0.05, 0.1) is 10.8 Å². The summed E-state index contributed by atoms with van der Waals surface area (Å²) in [6.07, 6.45) is 0. The molecule has 6 heteroatoms. The lowest BCUT2D eigenvalue weighted by atomic mass is 10.1. The minimum atomic E-state index is -0.376. The van der Waals surface area contributed by atoms with Crippen LogP contribution in [0.1, 0.15) is 19.4 Å². The normalized spacial score (nSPS) is 20.1. The van der Waals surface area contributed by atoms with E-state index in [1.54, 1.807) is 6.07 Å². The van der Waals surface area contributed by atoms with Gasteiger partial charge in [-0.25, -0.2) is 0 Å². The predicted octanol–water partition coefficient (Wildman–Crippen LogP) is 2.86. The van der Waals surface area contributed by atoms with Crippen LogP contribution in [0.2, 0.25) is 0 Å². The number of piperazine rings is 1. The molecule has 5 nitrogen and oxygen atoms in total. The maximum atomic E-state index is 10.9. The average molecular weight is 298 g/mol. The zero-order valence-corrected chi connectivity index (χ0v) is 12.6. The van der Waals surface area contributed by atoms with Gasteiger partial charge >= 0.3 is 0 Å². The second-order valence-electron chi connectivity index (χ2n) is 5.13. The Hall–Kier alpha value is -1.33. The lowest BCUT2D eigenvalue weighted by Crippen LogP contribution is -2.51. The van der Waals surface area contributed by atoms with Gasteiger partial charge in [-0.3, -0.25) is 15.0 Å². The zero-order valence-electron chi connectivity index (χ0n) is 11.9. The lowest BCUT2D eigenvalue weighted by molar-refractivity contribution is -0.385. The fourth-order valence-electron chi connectivity index (χ4n) is 2.75. The van der Waals surface area contributed by atoms with E-state index in [0.717, 1.165) is 31.9 Å². The van der Waals surface area contributed by atoms with Crippen LogP contribution in [0.4, 0.5) is 11.4 Å².